The minimum atomic E-state index is -1.29. The molecule has 0 aliphatic carbocycles. The maximum atomic E-state index is 12.3. The van der Waals surface area contributed by atoms with Crippen molar-refractivity contribution in [2.75, 3.05) is 5.73 Å². The third-order valence-corrected chi connectivity index (χ3v) is 4.28. The summed E-state index contributed by atoms with van der Waals surface area (Å²) in [6.45, 7) is 0. The number of hydrogen-bond acceptors (Lipinski definition) is 4. The first-order chi connectivity index (χ1) is 9.74. The number of anilines is 1. The van der Waals surface area contributed by atoms with E-state index in [1.165, 1.54) is 0 Å². The fraction of sp³-hybridized carbons (Fsp3) is 0.0667. The third-order valence-electron chi connectivity index (χ3n) is 2.95. The first-order valence-electron chi connectivity index (χ1n) is 6.17. The monoisotopic (exact) mass is 283 g/mol. The van der Waals surface area contributed by atoms with Gasteiger partial charge in [-0.2, -0.15) is 0 Å². The van der Waals surface area contributed by atoms with Gasteiger partial charge in [0.25, 0.3) is 0 Å². The molecule has 5 heteroatoms. The van der Waals surface area contributed by atoms with Gasteiger partial charge in [0, 0.05) is 11.6 Å². The van der Waals surface area contributed by atoms with Gasteiger partial charge >= 0.3 is 0 Å². The van der Waals surface area contributed by atoms with Crippen LogP contribution in [0.3, 0.4) is 0 Å². The summed E-state index contributed by atoms with van der Waals surface area (Å²) in [7, 11) is -1.29. The molecule has 100 valence electrons. The third kappa shape index (κ3) is 2.53. The Kier molecular flexibility index (Phi) is 3.43. The lowest BCUT2D eigenvalue weighted by molar-refractivity contribution is 0.679. The molecule has 2 heterocycles. The van der Waals surface area contributed by atoms with Crippen LogP contribution in [0.2, 0.25) is 0 Å². The van der Waals surface area contributed by atoms with Crippen LogP contribution in [0.4, 0.5) is 5.69 Å². The number of nitrogens with two attached hydrogens (primary N) is 1. The number of benzene rings is 1. The molecule has 0 radical (unpaired) electrons. The van der Waals surface area contributed by atoms with Crippen molar-refractivity contribution in [3.8, 4) is 0 Å². The number of nitrogens with zero attached hydrogens (tertiary/aromatic N) is 2. The molecule has 1 atom stereocenters. The molecule has 1 unspecified atom stereocenters. The molecule has 20 heavy (non-hydrogen) atoms. The Morgan fingerprint density at radius 3 is 2.75 bits per heavy atom. The summed E-state index contributed by atoms with van der Waals surface area (Å²) in [5, 5.41) is 1.49. The van der Waals surface area contributed by atoms with Crippen molar-refractivity contribution >= 4 is 27.4 Å². The van der Waals surface area contributed by atoms with E-state index in [4.69, 9.17) is 5.73 Å². The van der Waals surface area contributed by atoms with Crippen molar-refractivity contribution < 1.29 is 4.21 Å². The number of fused-ring (bicyclic) bond motifs is 1. The highest BCUT2D eigenvalue weighted by molar-refractivity contribution is 7.84. The number of para-hydroxylation sites is 1. The van der Waals surface area contributed by atoms with E-state index in [9.17, 15) is 4.21 Å². The van der Waals surface area contributed by atoms with E-state index in [0.29, 0.717) is 16.5 Å². The van der Waals surface area contributed by atoms with Crippen molar-refractivity contribution in [2.45, 2.75) is 10.8 Å². The lowest BCUT2D eigenvalue weighted by Gasteiger charge is -2.05. The normalized spacial score (nSPS) is 12.4. The topological polar surface area (TPSA) is 68.9 Å². The first-order valence-corrected chi connectivity index (χ1v) is 7.49. The highest BCUT2D eigenvalue weighted by Crippen LogP contribution is 2.17. The quantitative estimate of drug-likeness (QED) is 0.802. The van der Waals surface area contributed by atoms with E-state index in [1.54, 1.807) is 18.3 Å². The second kappa shape index (κ2) is 5.38. The van der Waals surface area contributed by atoms with Crippen LogP contribution < -0.4 is 5.73 Å². The van der Waals surface area contributed by atoms with Gasteiger partial charge in [0.15, 0.2) is 0 Å². The SMILES string of the molecule is Nc1cccnc1S(=O)Cc1ccc2ccccc2n1. The Labute approximate surface area is 119 Å². The smallest absolute Gasteiger partial charge is 0.150 e. The summed E-state index contributed by atoms with van der Waals surface area (Å²) < 4.78 is 12.3. The molecule has 0 amide bonds. The standard InChI is InChI=1S/C15H13N3OS/c16-13-5-3-9-17-15(13)20(19)10-12-8-7-11-4-1-2-6-14(11)18-12/h1-9H,10,16H2. The first kappa shape index (κ1) is 12.7. The van der Waals surface area contributed by atoms with Crippen LogP contribution in [0.15, 0.2) is 59.8 Å². The molecule has 2 aromatic heterocycles. The second-order valence-electron chi connectivity index (χ2n) is 4.38. The fourth-order valence-corrected chi connectivity index (χ4v) is 3.06. The summed E-state index contributed by atoms with van der Waals surface area (Å²) in [5.41, 5.74) is 7.91. The average Bonchev–Trinajstić information content (AvgIpc) is 2.47. The molecule has 0 spiro atoms. The summed E-state index contributed by atoms with van der Waals surface area (Å²) in [5.74, 6) is 0.312. The second-order valence-corrected chi connectivity index (χ2v) is 5.75. The summed E-state index contributed by atoms with van der Waals surface area (Å²) in [6.07, 6.45) is 1.59. The zero-order valence-electron chi connectivity index (χ0n) is 10.7. The zero-order valence-corrected chi connectivity index (χ0v) is 11.5. The fourth-order valence-electron chi connectivity index (χ4n) is 1.98. The van der Waals surface area contributed by atoms with E-state index >= 15 is 0 Å². The molecule has 4 nitrogen and oxygen atoms in total. The maximum Gasteiger partial charge on any atom is 0.150 e. The number of hydrogen-bond donors (Lipinski definition) is 1. The van der Waals surface area contributed by atoms with Crippen LogP contribution in [0, 0.1) is 0 Å². The van der Waals surface area contributed by atoms with Crippen molar-refractivity contribution in [3.63, 3.8) is 0 Å². The van der Waals surface area contributed by atoms with E-state index < -0.39 is 10.8 Å². The number of pyridine rings is 2. The molecule has 1 aromatic carbocycles. The van der Waals surface area contributed by atoms with Gasteiger partial charge < -0.3 is 5.73 Å². The molecular weight excluding hydrogens is 270 g/mol. The van der Waals surface area contributed by atoms with Crippen molar-refractivity contribution in [1.29, 1.82) is 0 Å². The van der Waals surface area contributed by atoms with Crippen LogP contribution >= 0.6 is 0 Å². The van der Waals surface area contributed by atoms with Crippen LogP contribution in [-0.2, 0) is 16.6 Å². The van der Waals surface area contributed by atoms with Gasteiger partial charge in [-0.05, 0) is 24.3 Å². The van der Waals surface area contributed by atoms with Crippen LogP contribution in [0.5, 0.6) is 0 Å². The van der Waals surface area contributed by atoms with Gasteiger partial charge in [0.2, 0.25) is 0 Å². The Balaban J connectivity index is 1.89. The Morgan fingerprint density at radius 1 is 1.05 bits per heavy atom. The van der Waals surface area contributed by atoms with Crippen molar-refractivity contribution in [2.24, 2.45) is 0 Å². The van der Waals surface area contributed by atoms with Crippen LogP contribution in [0.1, 0.15) is 5.69 Å². The minimum Gasteiger partial charge on any atom is -0.396 e. The van der Waals surface area contributed by atoms with Crippen LogP contribution in [0.25, 0.3) is 10.9 Å². The Bertz CT molecular complexity index is 789. The molecule has 0 aliphatic rings. The van der Waals surface area contributed by atoms with Crippen molar-refractivity contribution in [3.05, 3.63) is 60.4 Å². The predicted octanol–water partition coefficient (Wildman–Crippen LogP) is 2.52. The molecule has 0 fully saturated rings. The Morgan fingerprint density at radius 2 is 1.90 bits per heavy atom. The molecule has 3 rings (SSSR count). The van der Waals surface area contributed by atoms with Crippen LogP contribution in [-0.4, -0.2) is 14.2 Å². The van der Waals surface area contributed by atoms with E-state index in [-0.39, 0.29) is 0 Å². The summed E-state index contributed by atoms with van der Waals surface area (Å²) >= 11 is 0. The molecule has 0 saturated carbocycles. The highest BCUT2D eigenvalue weighted by atomic mass is 32.2. The minimum absolute atomic E-state index is 0.312. The van der Waals surface area contributed by atoms with E-state index in [2.05, 4.69) is 9.97 Å². The van der Waals surface area contributed by atoms with Gasteiger partial charge in [0.1, 0.15) is 5.03 Å². The lowest BCUT2D eigenvalue weighted by atomic mass is 10.2. The van der Waals surface area contributed by atoms with Crippen molar-refractivity contribution in [1.82, 2.24) is 9.97 Å². The van der Waals surface area contributed by atoms with Gasteiger partial charge in [-0.3, -0.25) is 9.19 Å². The van der Waals surface area contributed by atoms with Gasteiger partial charge in [-0.25, -0.2) is 4.98 Å². The average molecular weight is 283 g/mol. The van der Waals surface area contributed by atoms with Gasteiger partial charge in [0.05, 0.1) is 33.5 Å². The number of aromatic nitrogens is 2. The molecule has 0 aliphatic heterocycles. The zero-order chi connectivity index (χ0) is 13.9. The largest absolute Gasteiger partial charge is 0.396 e. The molecular formula is C15H13N3OS. The highest BCUT2D eigenvalue weighted by Gasteiger charge is 2.11. The molecule has 0 saturated heterocycles. The number of nitrogen functional groups attached to an aromatic ring is 1. The van der Waals surface area contributed by atoms with E-state index in [1.807, 2.05) is 36.4 Å². The predicted molar refractivity (Wildman–Crippen MR) is 80.5 cm³/mol. The summed E-state index contributed by atoms with van der Waals surface area (Å²) in [4.78, 5) is 8.59. The molecule has 0 bridgehead atoms. The molecule has 2 N–H and O–H groups in total. The maximum absolute atomic E-state index is 12.3. The summed E-state index contributed by atoms with van der Waals surface area (Å²) in [6, 6.07) is 15.1. The van der Waals surface area contributed by atoms with Gasteiger partial charge in [-0.1, -0.05) is 24.3 Å². The number of rotatable bonds is 3. The lowest BCUT2D eigenvalue weighted by Crippen LogP contribution is -2.04. The van der Waals surface area contributed by atoms with Gasteiger partial charge in [-0.15, -0.1) is 0 Å². The molecule has 3 aromatic rings. The van der Waals surface area contributed by atoms with E-state index in [0.717, 1.165) is 16.6 Å². The Hall–Kier alpha value is -2.27.